The first-order valence-corrected chi connectivity index (χ1v) is 6.06. The molecule has 0 spiro atoms. The van der Waals surface area contributed by atoms with Crippen molar-refractivity contribution in [1.29, 1.82) is 0 Å². The van der Waals surface area contributed by atoms with Crippen molar-refractivity contribution >= 4 is 11.9 Å². The molecule has 1 heterocycles. The number of aromatic nitrogens is 3. The third-order valence-corrected chi connectivity index (χ3v) is 2.90. The maximum Gasteiger partial charge on any atom is 0.291 e. The molecule has 6 heteroatoms. The Kier molecular flexibility index (Phi) is 3.31. The number of hydrogen-bond acceptors (Lipinski definition) is 4. The van der Waals surface area contributed by atoms with Gasteiger partial charge in [0.25, 0.3) is 5.91 Å². The number of nitrogens with zero attached hydrogens (tertiary/aromatic N) is 3. The van der Waals surface area contributed by atoms with E-state index in [0.29, 0.717) is 12.0 Å². The largest absolute Gasteiger partial charge is 0.366 e. The van der Waals surface area contributed by atoms with Crippen LogP contribution in [0.15, 0.2) is 0 Å². The fourth-order valence-electron chi connectivity index (χ4n) is 1.74. The predicted molar refractivity (Wildman–Crippen MR) is 64.3 cm³/mol. The van der Waals surface area contributed by atoms with Gasteiger partial charge >= 0.3 is 0 Å². The Hall–Kier alpha value is -1.59. The number of aromatic amines is 1. The Morgan fingerprint density at radius 3 is 2.76 bits per heavy atom. The summed E-state index contributed by atoms with van der Waals surface area (Å²) in [5.74, 6) is 0.868. The molecule has 1 amide bonds. The fraction of sp³-hybridized carbons (Fsp3) is 0.727. The van der Waals surface area contributed by atoms with E-state index >= 15 is 0 Å². The molecule has 2 rings (SSSR count). The third-order valence-electron chi connectivity index (χ3n) is 2.90. The van der Waals surface area contributed by atoms with Crippen LogP contribution in [0.1, 0.15) is 43.7 Å². The second kappa shape index (κ2) is 4.73. The van der Waals surface area contributed by atoms with E-state index in [9.17, 15) is 4.79 Å². The SMILES string of the molecule is CC(C)CCN(C(=O)c1nc(N)n[nH]1)C1CC1. The van der Waals surface area contributed by atoms with Crippen molar-refractivity contribution in [2.24, 2.45) is 5.92 Å². The van der Waals surface area contributed by atoms with Crippen LogP contribution in [0, 0.1) is 5.92 Å². The Morgan fingerprint density at radius 2 is 2.29 bits per heavy atom. The van der Waals surface area contributed by atoms with Crippen LogP contribution >= 0.6 is 0 Å². The van der Waals surface area contributed by atoms with Gasteiger partial charge in [0.1, 0.15) is 0 Å². The second-order valence-electron chi connectivity index (χ2n) is 4.95. The van der Waals surface area contributed by atoms with Gasteiger partial charge in [-0.25, -0.2) is 0 Å². The van der Waals surface area contributed by atoms with Crippen LogP contribution in [0.2, 0.25) is 0 Å². The smallest absolute Gasteiger partial charge is 0.291 e. The van der Waals surface area contributed by atoms with Gasteiger partial charge in [0.2, 0.25) is 11.8 Å². The van der Waals surface area contributed by atoms with Crippen LogP contribution in [0.4, 0.5) is 5.95 Å². The molecule has 1 aromatic heterocycles. The van der Waals surface area contributed by atoms with Crippen LogP contribution in [0.3, 0.4) is 0 Å². The number of nitrogens with one attached hydrogen (secondary N) is 1. The van der Waals surface area contributed by atoms with Crippen molar-refractivity contribution in [3.63, 3.8) is 0 Å². The van der Waals surface area contributed by atoms with Gasteiger partial charge in [-0.05, 0) is 25.2 Å². The topological polar surface area (TPSA) is 87.9 Å². The summed E-state index contributed by atoms with van der Waals surface area (Å²) in [7, 11) is 0. The zero-order chi connectivity index (χ0) is 12.4. The lowest BCUT2D eigenvalue weighted by atomic mass is 10.1. The average Bonchev–Trinajstić information content (AvgIpc) is 3.00. The monoisotopic (exact) mass is 237 g/mol. The van der Waals surface area contributed by atoms with Crippen molar-refractivity contribution < 1.29 is 4.79 Å². The van der Waals surface area contributed by atoms with Crippen LogP contribution in [0.25, 0.3) is 0 Å². The number of amides is 1. The highest BCUT2D eigenvalue weighted by molar-refractivity contribution is 5.91. The summed E-state index contributed by atoms with van der Waals surface area (Å²) < 4.78 is 0. The quantitative estimate of drug-likeness (QED) is 0.800. The molecule has 0 radical (unpaired) electrons. The highest BCUT2D eigenvalue weighted by Gasteiger charge is 2.34. The maximum atomic E-state index is 12.2. The standard InChI is InChI=1S/C11H19N5O/c1-7(2)5-6-16(8-3-4-8)10(17)9-13-11(12)15-14-9/h7-8H,3-6H2,1-2H3,(H3,12,13,14,15). The van der Waals surface area contributed by atoms with Gasteiger partial charge in [0.15, 0.2) is 0 Å². The molecular weight excluding hydrogens is 218 g/mol. The normalized spacial score (nSPS) is 15.2. The highest BCUT2D eigenvalue weighted by atomic mass is 16.2. The zero-order valence-electron chi connectivity index (χ0n) is 10.3. The van der Waals surface area contributed by atoms with Crippen molar-refractivity contribution in [3.8, 4) is 0 Å². The summed E-state index contributed by atoms with van der Waals surface area (Å²) >= 11 is 0. The molecule has 1 aromatic rings. The fourth-order valence-corrected chi connectivity index (χ4v) is 1.74. The number of nitrogen functional groups attached to an aromatic ring is 1. The number of carbonyl (C=O) groups excluding carboxylic acids is 1. The predicted octanol–water partition coefficient (Wildman–Crippen LogP) is 1.04. The van der Waals surface area contributed by atoms with E-state index in [4.69, 9.17) is 5.73 Å². The number of H-pyrrole nitrogens is 1. The molecule has 1 fully saturated rings. The van der Waals surface area contributed by atoms with E-state index in [1.54, 1.807) is 0 Å². The first kappa shape index (κ1) is 11.9. The molecule has 0 bridgehead atoms. The number of rotatable bonds is 5. The van der Waals surface area contributed by atoms with E-state index in [-0.39, 0.29) is 17.7 Å². The van der Waals surface area contributed by atoms with Crippen LogP contribution < -0.4 is 5.73 Å². The second-order valence-corrected chi connectivity index (χ2v) is 4.95. The lowest BCUT2D eigenvalue weighted by Crippen LogP contribution is -2.35. The lowest BCUT2D eigenvalue weighted by molar-refractivity contribution is 0.0723. The number of hydrogen-bond donors (Lipinski definition) is 2. The van der Waals surface area contributed by atoms with Gasteiger partial charge in [0.05, 0.1) is 0 Å². The van der Waals surface area contributed by atoms with Crippen molar-refractivity contribution in [2.75, 3.05) is 12.3 Å². The Labute approximate surface area is 101 Å². The van der Waals surface area contributed by atoms with Crippen molar-refractivity contribution in [3.05, 3.63) is 5.82 Å². The molecule has 0 aliphatic heterocycles. The van der Waals surface area contributed by atoms with Gasteiger partial charge in [-0.3, -0.25) is 9.89 Å². The minimum atomic E-state index is -0.0858. The van der Waals surface area contributed by atoms with Crippen LogP contribution in [-0.4, -0.2) is 38.6 Å². The zero-order valence-corrected chi connectivity index (χ0v) is 10.3. The molecule has 0 aromatic carbocycles. The maximum absolute atomic E-state index is 12.2. The summed E-state index contributed by atoms with van der Waals surface area (Å²) in [4.78, 5) is 18.0. The van der Waals surface area contributed by atoms with Crippen molar-refractivity contribution in [2.45, 2.75) is 39.2 Å². The minimum absolute atomic E-state index is 0.0858. The molecule has 3 N–H and O–H groups in total. The van der Waals surface area contributed by atoms with E-state index in [1.807, 2.05) is 4.90 Å². The van der Waals surface area contributed by atoms with Gasteiger partial charge < -0.3 is 10.6 Å². The molecule has 0 atom stereocenters. The minimum Gasteiger partial charge on any atom is -0.366 e. The molecule has 1 saturated carbocycles. The average molecular weight is 237 g/mol. The first-order valence-electron chi connectivity index (χ1n) is 6.06. The molecule has 0 unspecified atom stereocenters. The van der Waals surface area contributed by atoms with Gasteiger partial charge in [-0.2, -0.15) is 4.98 Å². The van der Waals surface area contributed by atoms with E-state index in [0.717, 1.165) is 25.8 Å². The highest BCUT2D eigenvalue weighted by Crippen LogP contribution is 2.28. The molecule has 6 nitrogen and oxygen atoms in total. The van der Waals surface area contributed by atoms with E-state index < -0.39 is 0 Å². The van der Waals surface area contributed by atoms with Gasteiger partial charge in [0, 0.05) is 12.6 Å². The molecular formula is C11H19N5O. The Balaban J connectivity index is 2.02. The van der Waals surface area contributed by atoms with E-state index in [2.05, 4.69) is 29.0 Å². The van der Waals surface area contributed by atoms with Gasteiger partial charge in [-0.15, -0.1) is 5.10 Å². The molecule has 1 aliphatic rings. The number of nitrogens with two attached hydrogens (primary N) is 1. The van der Waals surface area contributed by atoms with Crippen molar-refractivity contribution in [1.82, 2.24) is 20.1 Å². The Bertz CT molecular complexity index is 396. The molecule has 1 aliphatic carbocycles. The lowest BCUT2D eigenvalue weighted by Gasteiger charge is -2.21. The third kappa shape index (κ3) is 2.95. The summed E-state index contributed by atoms with van der Waals surface area (Å²) in [6, 6.07) is 0.382. The first-order chi connectivity index (χ1) is 8.08. The summed E-state index contributed by atoms with van der Waals surface area (Å²) in [5, 5.41) is 6.27. The van der Waals surface area contributed by atoms with Gasteiger partial charge in [-0.1, -0.05) is 13.8 Å². The summed E-state index contributed by atoms with van der Waals surface area (Å²) in [6.07, 6.45) is 3.19. The number of carbonyl (C=O) groups is 1. The molecule has 17 heavy (non-hydrogen) atoms. The van der Waals surface area contributed by atoms with Crippen LogP contribution in [-0.2, 0) is 0 Å². The van der Waals surface area contributed by atoms with Crippen LogP contribution in [0.5, 0.6) is 0 Å². The molecule has 94 valence electrons. The summed E-state index contributed by atoms with van der Waals surface area (Å²) in [5.41, 5.74) is 5.41. The summed E-state index contributed by atoms with van der Waals surface area (Å²) in [6.45, 7) is 5.09. The Morgan fingerprint density at radius 1 is 1.59 bits per heavy atom. The number of anilines is 1. The molecule has 0 saturated heterocycles. The van der Waals surface area contributed by atoms with E-state index in [1.165, 1.54) is 0 Å².